The van der Waals surface area contributed by atoms with Crippen LogP contribution < -0.4 is 4.18 Å². The van der Waals surface area contributed by atoms with Crippen LogP contribution in [0.4, 0.5) is 10.5 Å². The molecule has 0 N–H and O–H groups in total. The Kier molecular flexibility index (Phi) is 6.60. The largest absolute Gasteiger partial charge is 0.468 e. The zero-order valence-electron chi connectivity index (χ0n) is 16.3. The first-order valence-electron chi connectivity index (χ1n) is 8.72. The summed E-state index contributed by atoms with van der Waals surface area (Å²) in [6, 6.07) is 10.0. The van der Waals surface area contributed by atoms with Gasteiger partial charge >= 0.3 is 16.1 Å². The minimum atomic E-state index is -4.37. The van der Waals surface area contributed by atoms with E-state index in [2.05, 4.69) is 4.74 Å². The number of non-ortho nitro benzene ring substituents is 1. The fraction of sp³-hybridized carbons (Fsp3) is 0.105. The fourth-order valence-corrected chi connectivity index (χ4v) is 4.37. The second-order valence-electron chi connectivity index (χ2n) is 6.21. The first-order valence-corrected chi connectivity index (χ1v) is 10.9. The predicted molar refractivity (Wildman–Crippen MR) is 112 cm³/mol. The van der Waals surface area contributed by atoms with Crippen LogP contribution in [0.3, 0.4) is 0 Å². The molecule has 1 aliphatic rings. The number of nitro benzene ring substituents is 1. The molecule has 32 heavy (non-hydrogen) atoms. The van der Waals surface area contributed by atoms with Crippen molar-refractivity contribution in [2.24, 2.45) is 0 Å². The molecular formula is C19H14N2O9S2. The van der Waals surface area contributed by atoms with Crippen LogP contribution in [0.2, 0.25) is 0 Å². The molecule has 0 saturated carbocycles. The Morgan fingerprint density at radius 3 is 2.59 bits per heavy atom. The Morgan fingerprint density at radius 2 is 1.91 bits per heavy atom. The third-order valence-electron chi connectivity index (χ3n) is 4.07. The van der Waals surface area contributed by atoms with Gasteiger partial charge in [-0.2, -0.15) is 8.42 Å². The first kappa shape index (κ1) is 23.0. The maximum Gasteiger partial charge on any atom is 0.339 e. The van der Waals surface area contributed by atoms with Gasteiger partial charge in [0.05, 0.1) is 16.9 Å². The lowest BCUT2D eigenvalue weighted by molar-refractivity contribution is -0.385. The van der Waals surface area contributed by atoms with E-state index in [1.54, 1.807) is 6.07 Å². The number of amides is 2. The van der Waals surface area contributed by atoms with Crippen molar-refractivity contribution in [3.05, 3.63) is 69.1 Å². The van der Waals surface area contributed by atoms with Crippen molar-refractivity contribution in [3.63, 3.8) is 0 Å². The molecule has 0 spiro atoms. The molecule has 0 bridgehead atoms. The van der Waals surface area contributed by atoms with Gasteiger partial charge in [-0.3, -0.25) is 29.4 Å². The highest BCUT2D eigenvalue weighted by molar-refractivity contribution is 8.18. The van der Waals surface area contributed by atoms with E-state index < -0.39 is 49.3 Å². The van der Waals surface area contributed by atoms with Crippen LogP contribution in [-0.2, 0) is 24.4 Å². The standard InChI is InChI=1S/C19H14N2O9S2/c1-29-17(22)11-20-18(23)16(31-19(20)24)9-12-4-2-6-14(8-12)30-32(27,28)15-7-3-5-13(10-15)21(25)26/h2-10H,11H2,1H3/b16-9-. The van der Waals surface area contributed by atoms with Crippen LogP contribution >= 0.6 is 11.8 Å². The van der Waals surface area contributed by atoms with Crippen molar-refractivity contribution in [1.82, 2.24) is 4.90 Å². The van der Waals surface area contributed by atoms with Crippen LogP contribution in [0.5, 0.6) is 5.75 Å². The molecule has 13 heteroatoms. The summed E-state index contributed by atoms with van der Waals surface area (Å²) in [4.78, 5) is 46.2. The number of hydrogen-bond donors (Lipinski definition) is 0. The minimum Gasteiger partial charge on any atom is -0.468 e. The van der Waals surface area contributed by atoms with Crippen molar-refractivity contribution in [2.45, 2.75) is 4.90 Å². The molecule has 0 atom stereocenters. The number of carbonyl (C=O) groups is 3. The van der Waals surface area contributed by atoms with Crippen LogP contribution in [0, 0.1) is 10.1 Å². The molecule has 3 rings (SSSR count). The zero-order valence-corrected chi connectivity index (χ0v) is 17.9. The lowest BCUT2D eigenvalue weighted by atomic mass is 10.2. The summed E-state index contributed by atoms with van der Waals surface area (Å²) >= 11 is 0.617. The minimum absolute atomic E-state index is 0.0256. The van der Waals surface area contributed by atoms with Gasteiger partial charge in [0.2, 0.25) is 0 Å². The molecule has 11 nitrogen and oxygen atoms in total. The second kappa shape index (κ2) is 9.20. The Bertz CT molecular complexity index is 1250. The predicted octanol–water partition coefficient (Wildman–Crippen LogP) is 2.57. The molecule has 1 heterocycles. The Hall–Kier alpha value is -3.71. The molecule has 0 radical (unpaired) electrons. The number of methoxy groups -OCH3 is 1. The van der Waals surface area contributed by atoms with E-state index in [9.17, 15) is 32.9 Å². The van der Waals surface area contributed by atoms with Gasteiger partial charge in [-0.25, -0.2) is 0 Å². The molecule has 2 aromatic rings. The molecular weight excluding hydrogens is 464 g/mol. The molecule has 0 aliphatic carbocycles. The van der Waals surface area contributed by atoms with Crippen molar-refractivity contribution < 1.29 is 36.6 Å². The van der Waals surface area contributed by atoms with E-state index in [0.717, 1.165) is 30.2 Å². The summed E-state index contributed by atoms with van der Waals surface area (Å²) in [5, 5.41) is 10.2. The Labute approximate surface area is 185 Å². The lowest BCUT2D eigenvalue weighted by Crippen LogP contribution is -2.34. The SMILES string of the molecule is COC(=O)CN1C(=O)S/C(=C\c2cccc(OS(=O)(=O)c3cccc([N+](=O)[O-])c3)c2)C1=O. The Balaban J connectivity index is 1.82. The van der Waals surface area contributed by atoms with Gasteiger partial charge in [-0.05, 0) is 41.6 Å². The van der Waals surface area contributed by atoms with Crippen molar-refractivity contribution >= 4 is 50.8 Å². The van der Waals surface area contributed by atoms with Gasteiger partial charge in [0.1, 0.15) is 17.2 Å². The van der Waals surface area contributed by atoms with Crippen molar-refractivity contribution in [3.8, 4) is 5.75 Å². The molecule has 2 amide bonds. The maximum absolute atomic E-state index is 12.5. The first-order chi connectivity index (χ1) is 15.1. The Morgan fingerprint density at radius 1 is 1.19 bits per heavy atom. The second-order valence-corrected chi connectivity index (χ2v) is 8.75. The molecule has 0 unspecified atom stereocenters. The summed E-state index contributed by atoms with van der Waals surface area (Å²) < 4.78 is 34.5. The van der Waals surface area contributed by atoms with E-state index in [-0.39, 0.29) is 10.7 Å². The van der Waals surface area contributed by atoms with E-state index in [0.29, 0.717) is 17.3 Å². The van der Waals surface area contributed by atoms with Gasteiger partial charge in [0.25, 0.3) is 16.8 Å². The summed E-state index contributed by atoms with van der Waals surface area (Å²) in [6.45, 7) is -0.525. The van der Waals surface area contributed by atoms with Crippen LogP contribution in [0.25, 0.3) is 6.08 Å². The average Bonchev–Trinajstić information content (AvgIpc) is 3.01. The van der Waals surface area contributed by atoms with Crippen LogP contribution in [0.15, 0.2) is 58.3 Å². The maximum atomic E-state index is 12.5. The highest BCUT2D eigenvalue weighted by atomic mass is 32.2. The van der Waals surface area contributed by atoms with Gasteiger partial charge in [0.15, 0.2) is 0 Å². The average molecular weight is 478 g/mol. The van der Waals surface area contributed by atoms with Gasteiger partial charge in [0, 0.05) is 12.1 Å². The number of thioether (sulfide) groups is 1. The quantitative estimate of drug-likeness (QED) is 0.191. The van der Waals surface area contributed by atoms with Crippen LogP contribution in [-0.4, -0.2) is 49.0 Å². The highest BCUT2D eigenvalue weighted by Crippen LogP contribution is 2.33. The number of imide groups is 1. The number of nitro groups is 1. The third-order valence-corrected chi connectivity index (χ3v) is 6.22. The number of nitrogens with zero attached hydrogens (tertiary/aromatic N) is 2. The fourth-order valence-electron chi connectivity index (χ4n) is 2.56. The van der Waals surface area contributed by atoms with Crippen LogP contribution in [0.1, 0.15) is 5.56 Å². The molecule has 2 aromatic carbocycles. The van der Waals surface area contributed by atoms with E-state index in [1.807, 2.05) is 0 Å². The molecule has 1 saturated heterocycles. The normalized spacial score (nSPS) is 15.2. The smallest absolute Gasteiger partial charge is 0.339 e. The van der Waals surface area contributed by atoms with E-state index >= 15 is 0 Å². The number of ether oxygens (including phenoxy) is 1. The van der Waals surface area contributed by atoms with Gasteiger partial charge in [-0.15, -0.1) is 0 Å². The molecule has 166 valence electrons. The van der Waals surface area contributed by atoms with E-state index in [4.69, 9.17) is 4.18 Å². The zero-order chi connectivity index (χ0) is 23.5. The summed E-state index contributed by atoms with van der Waals surface area (Å²) in [5.74, 6) is -1.56. The highest BCUT2D eigenvalue weighted by Gasteiger charge is 2.36. The topological polar surface area (TPSA) is 150 Å². The van der Waals surface area contributed by atoms with Gasteiger partial charge < -0.3 is 8.92 Å². The third kappa shape index (κ3) is 5.12. The summed E-state index contributed by atoms with van der Waals surface area (Å²) in [5.41, 5.74) is -0.0635. The number of benzene rings is 2. The number of hydrogen-bond acceptors (Lipinski definition) is 10. The van der Waals surface area contributed by atoms with Gasteiger partial charge in [-0.1, -0.05) is 18.2 Å². The van der Waals surface area contributed by atoms with E-state index in [1.165, 1.54) is 30.3 Å². The van der Waals surface area contributed by atoms with Crippen molar-refractivity contribution in [2.75, 3.05) is 13.7 Å². The molecule has 1 fully saturated rings. The lowest BCUT2D eigenvalue weighted by Gasteiger charge is -2.09. The summed E-state index contributed by atoms with van der Waals surface area (Å²) in [7, 11) is -3.24. The molecule has 0 aromatic heterocycles. The summed E-state index contributed by atoms with van der Waals surface area (Å²) in [6.07, 6.45) is 1.34. The number of rotatable bonds is 7. The van der Waals surface area contributed by atoms with Crippen molar-refractivity contribution in [1.29, 1.82) is 0 Å². The monoisotopic (exact) mass is 478 g/mol. The number of esters is 1. The number of carbonyl (C=O) groups excluding carboxylic acids is 3. The molecule has 1 aliphatic heterocycles.